The Hall–Kier alpha value is -0.960. The molecule has 3 heteroatoms. The monoisotopic (exact) mass is 252 g/mol. The molecule has 1 rings (SSSR count). The third kappa shape index (κ3) is 5.58. The van der Waals surface area contributed by atoms with Crippen molar-refractivity contribution in [2.75, 3.05) is 0 Å². The Bertz CT molecular complexity index is 261. The van der Waals surface area contributed by atoms with Crippen LogP contribution in [0.2, 0.25) is 0 Å². The van der Waals surface area contributed by atoms with Gasteiger partial charge in [0.05, 0.1) is 0 Å². The van der Waals surface area contributed by atoms with Gasteiger partial charge in [0.15, 0.2) is 0 Å². The standard InChI is InChI=1S/C15H28N2O/c1-3-4-5-6-7-8-9-10-11-15-16-12-13-17(15)14(2)18/h9-10,12-16,18H,3-8,11H2,1-2H3/b10-9+. The lowest BCUT2D eigenvalue weighted by atomic mass is 10.1. The molecule has 0 saturated carbocycles. The third-order valence-corrected chi connectivity index (χ3v) is 3.33. The van der Waals surface area contributed by atoms with Gasteiger partial charge in [-0.25, -0.2) is 0 Å². The Morgan fingerprint density at radius 1 is 1.28 bits per heavy atom. The molecular weight excluding hydrogens is 224 g/mol. The van der Waals surface area contributed by atoms with Crippen LogP contribution in [0, 0.1) is 0 Å². The first-order valence-corrected chi connectivity index (χ1v) is 7.29. The average molecular weight is 252 g/mol. The zero-order chi connectivity index (χ0) is 13.2. The van der Waals surface area contributed by atoms with Crippen LogP contribution in [0.4, 0.5) is 0 Å². The van der Waals surface area contributed by atoms with E-state index in [1.807, 2.05) is 17.3 Å². The van der Waals surface area contributed by atoms with Gasteiger partial charge in [-0.2, -0.15) is 0 Å². The first-order chi connectivity index (χ1) is 8.75. The Labute approximate surface area is 112 Å². The lowest BCUT2D eigenvalue weighted by molar-refractivity contribution is 0.0293. The summed E-state index contributed by atoms with van der Waals surface area (Å²) in [6, 6.07) is 0. The van der Waals surface area contributed by atoms with E-state index in [4.69, 9.17) is 0 Å². The molecule has 0 fully saturated rings. The van der Waals surface area contributed by atoms with E-state index in [1.165, 1.54) is 38.5 Å². The Morgan fingerprint density at radius 2 is 2.06 bits per heavy atom. The third-order valence-electron chi connectivity index (χ3n) is 3.33. The van der Waals surface area contributed by atoms with Crippen molar-refractivity contribution in [3.05, 3.63) is 24.6 Å². The molecule has 18 heavy (non-hydrogen) atoms. The number of nitrogens with zero attached hydrogens (tertiary/aromatic N) is 1. The zero-order valence-corrected chi connectivity index (χ0v) is 11.8. The number of hydrogen-bond acceptors (Lipinski definition) is 3. The summed E-state index contributed by atoms with van der Waals surface area (Å²) in [5.74, 6) is 0. The van der Waals surface area contributed by atoms with Crippen LogP contribution in [0.15, 0.2) is 24.6 Å². The summed E-state index contributed by atoms with van der Waals surface area (Å²) in [5.41, 5.74) is 0. The molecule has 0 aliphatic carbocycles. The van der Waals surface area contributed by atoms with Crippen molar-refractivity contribution in [2.45, 2.75) is 71.2 Å². The van der Waals surface area contributed by atoms with E-state index in [0.29, 0.717) is 0 Å². The van der Waals surface area contributed by atoms with Crippen LogP contribution in [0.5, 0.6) is 0 Å². The highest BCUT2D eigenvalue weighted by atomic mass is 16.3. The predicted molar refractivity (Wildman–Crippen MR) is 76.7 cm³/mol. The molecule has 0 saturated heterocycles. The van der Waals surface area contributed by atoms with Crippen molar-refractivity contribution in [1.29, 1.82) is 0 Å². The number of hydrogen-bond donors (Lipinski definition) is 2. The van der Waals surface area contributed by atoms with E-state index < -0.39 is 6.23 Å². The van der Waals surface area contributed by atoms with Crippen molar-refractivity contribution < 1.29 is 5.11 Å². The second-order valence-corrected chi connectivity index (χ2v) is 4.99. The largest absolute Gasteiger partial charge is 0.374 e. The molecule has 0 aromatic rings. The van der Waals surface area contributed by atoms with E-state index in [2.05, 4.69) is 24.4 Å². The lowest BCUT2D eigenvalue weighted by Crippen LogP contribution is -2.40. The highest BCUT2D eigenvalue weighted by Crippen LogP contribution is 2.12. The molecule has 0 aromatic heterocycles. The lowest BCUT2D eigenvalue weighted by Gasteiger charge is -2.27. The van der Waals surface area contributed by atoms with Gasteiger partial charge in [0, 0.05) is 18.8 Å². The van der Waals surface area contributed by atoms with Crippen LogP contribution < -0.4 is 5.32 Å². The minimum Gasteiger partial charge on any atom is -0.374 e. The summed E-state index contributed by atoms with van der Waals surface area (Å²) < 4.78 is 0. The first-order valence-electron chi connectivity index (χ1n) is 7.29. The highest BCUT2D eigenvalue weighted by Gasteiger charge is 2.20. The van der Waals surface area contributed by atoms with Crippen LogP contribution in [0.1, 0.15) is 58.8 Å². The Morgan fingerprint density at radius 3 is 2.78 bits per heavy atom. The maximum absolute atomic E-state index is 9.56. The normalized spacial score (nSPS) is 20.6. The van der Waals surface area contributed by atoms with Crippen LogP contribution in [-0.4, -0.2) is 22.4 Å². The van der Waals surface area contributed by atoms with E-state index in [9.17, 15) is 5.11 Å². The number of aliphatic hydroxyl groups excluding tert-OH is 1. The molecule has 0 bridgehead atoms. The summed E-state index contributed by atoms with van der Waals surface area (Å²) in [6.07, 6.45) is 16.9. The SMILES string of the molecule is CCCCCCC/C=C/CC1NC=CN1C(C)O. The first kappa shape index (κ1) is 15.1. The number of unbranched alkanes of at least 4 members (excludes halogenated alkanes) is 5. The van der Waals surface area contributed by atoms with Crippen molar-refractivity contribution in [3.63, 3.8) is 0 Å². The summed E-state index contributed by atoms with van der Waals surface area (Å²) in [5, 5.41) is 12.8. The zero-order valence-electron chi connectivity index (χ0n) is 11.8. The summed E-state index contributed by atoms with van der Waals surface area (Å²) in [6.45, 7) is 4.04. The Balaban J connectivity index is 2.06. The molecule has 3 nitrogen and oxygen atoms in total. The summed E-state index contributed by atoms with van der Waals surface area (Å²) in [4.78, 5) is 1.94. The number of rotatable bonds is 9. The molecule has 2 N–H and O–H groups in total. The minimum absolute atomic E-state index is 0.210. The molecule has 1 aliphatic rings. The molecule has 2 unspecified atom stereocenters. The van der Waals surface area contributed by atoms with Gasteiger partial charge < -0.3 is 15.3 Å². The number of nitrogens with one attached hydrogen (secondary N) is 1. The van der Waals surface area contributed by atoms with Gasteiger partial charge in [-0.15, -0.1) is 0 Å². The van der Waals surface area contributed by atoms with Crippen molar-refractivity contribution in [3.8, 4) is 0 Å². The number of allylic oxidation sites excluding steroid dienone is 1. The van der Waals surface area contributed by atoms with Gasteiger partial charge >= 0.3 is 0 Å². The molecule has 1 heterocycles. The molecule has 0 radical (unpaired) electrons. The maximum atomic E-state index is 9.56. The van der Waals surface area contributed by atoms with E-state index in [1.54, 1.807) is 6.92 Å². The van der Waals surface area contributed by atoms with E-state index in [-0.39, 0.29) is 6.17 Å². The fourth-order valence-electron chi connectivity index (χ4n) is 2.21. The molecule has 1 aliphatic heterocycles. The minimum atomic E-state index is -0.427. The maximum Gasteiger partial charge on any atom is 0.125 e. The highest BCUT2D eigenvalue weighted by molar-refractivity contribution is 4.98. The van der Waals surface area contributed by atoms with Gasteiger partial charge in [-0.1, -0.05) is 44.8 Å². The quantitative estimate of drug-likeness (QED) is 0.488. The Kier molecular flexibility index (Phi) is 7.58. The van der Waals surface area contributed by atoms with Crippen LogP contribution >= 0.6 is 0 Å². The second kappa shape index (κ2) is 9.03. The van der Waals surface area contributed by atoms with Gasteiger partial charge in [-0.05, 0) is 19.8 Å². The number of aliphatic hydroxyl groups is 1. The smallest absolute Gasteiger partial charge is 0.125 e. The fraction of sp³-hybridized carbons (Fsp3) is 0.733. The molecule has 2 atom stereocenters. The van der Waals surface area contributed by atoms with Crippen molar-refractivity contribution in [1.82, 2.24) is 10.2 Å². The van der Waals surface area contributed by atoms with E-state index >= 15 is 0 Å². The predicted octanol–water partition coefficient (Wildman–Crippen LogP) is 3.33. The van der Waals surface area contributed by atoms with Gasteiger partial charge in [-0.3, -0.25) is 0 Å². The van der Waals surface area contributed by atoms with Crippen LogP contribution in [-0.2, 0) is 0 Å². The molecular formula is C15H28N2O. The summed E-state index contributed by atoms with van der Waals surface area (Å²) >= 11 is 0. The van der Waals surface area contributed by atoms with Gasteiger partial charge in [0.1, 0.15) is 12.4 Å². The average Bonchev–Trinajstić information content (AvgIpc) is 2.81. The second-order valence-electron chi connectivity index (χ2n) is 4.99. The molecule has 104 valence electrons. The van der Waals surface area contributed by atoms with Crippen LogP contribution in [0.25, 0.3) is 0 Å². The topological polar surface area (TPSA) is 35.5 Å². The molecule has 0 aromatic carbocycles. The molecule has 0 amide bonds. The van der Waals surface area contributed by atoms with Gasteiger partial charge in [0.25, 0.3) is 0 Å². The summed E-state index contributed by atoms with van der Waals surface area (Å²) in [7, 11) is 0. The van der Waals surface area contributed by atoms with Crippen molar-refractivity contribution >= 4 is 0 Å². The fourth-order valence-corrected chi connectivity index (χ4v) is 2.21. The van der Waals surface area contributed by atoms with Gasteiger partial charge in [0.2, 0.25) is 0 Å². The van der Waals surface area contributed by atoms with Crippen molar-refractivity contribution in [2.24, 2.45) is 0 Å². The van der Waals surface area contributed by atoms with E-state index in [0.717, 1.165) is 6.42 Å². The molecule has 0 spiro atoms. The van der Waals surface area contributed by atoms with Crippen LogP contribution in [0.3, 0.4) is 0 Å².